The molecule has 0 bridgehead atoms. The molecule has 2 saturated heterocycles. The Kier molecular flexibility index (Phi) is 5.48. The van der Waals surface area contributed by atoms with Crippen LogP contribution in [0.25, 0.3) is 0 Å². The van der Waals surface area contributed by atoms with E-state index < -0.39 is 6.04 Å². The molecular weight excluding hydrogens is 344 g/mol. The van der Waals surface area contributed by atoms with Gasteiger partial charge in [-0.25, -0.2) is 0 Å². The average molecular weight is 372 g/mol. The standard InChI is InChI=1S/C20H28N4O3/c1-12(2)8-17-19(26)23-10-15(22-14(4)25)9-16(23)11-24(17)20(27)18-13(3)6-5-7-21-18/h5-7,12,15-17H,8-11H2,1-4H3,(H,22,25). The predicted octanol–water partition coefficient (Wildman–Crippen LogP) is 1.37. The van der Waals surface area contributed by atoms with Gasteiger partial charge in [0.2, 0.25) is 11.8 Å². The lowest BCUT2D eigenvalue weighted by Crippen LogP contribution is -2.61. The summed E-state index contributed by atoms with van der Waals surface area (Å²) in [4.78, 5) is 45.6. The minimum absolute atomic E-state index is 0.0188. The van der Waals surface area contributed by atoms with Crippen molar-refractivity contribution in [2.45, 2.75) is 58.7 Å². The molecule has 0 saturated carbocycles. The zero-order valence-electron chi connectivity index (χ0n) is 16.4. The first-order valence-corrected chi connectivity index (χ1v) is 9.58. The highest BCUT2D eigenvalue weighted by Gasteiger charge is 2.47. The van der Waals surface area contributed by atoms with Crippen molar-refractivity contribution in [3.63, 3.8) is 0 Å². The van der Waals surface area contributed by atoms with Crippen LogP contribution in [0.2, 0.25) is 0 Å². The van der Waals surface area contributed by atoms with Gasteiger partial charge in [-0.3, -0.25) is 19.4 Å². The highest BCUT2D eigenvalue weighted by atomic mass is 16.2. The monoisotopic (exact) mass is 372 g/mol. The first kappa shape index (κ1) is 19.3. The molecule has 7 nitrogen and oxygen atoms in total. The second kappa shape index (κ2) is 7.66. The Morgan fingerprint density at radius 1 is 1.33 bits per heavy atom. The Morgan fingerprint density at radius 2 is 2.07 bits per heavy atom. The number of nitrogens with zero attached hydrogens (tertiary/aromatic N) is 3. The van der Waals surface area contributed by atoms with E-state index in [9.17, 15) is 14.4 Å². The maximum Gasteiger partial charge on any atom is 0.273 e. The molecule has 7 heteroatoms. The Bertz CT molecular complexity index is 748. The highest BCUT2D eigenvalue weighted by molar-refractivity contribution is 5.98. The molecule has 3 unspecified atom stereocenters. The van der Waals surface area contributed by atoms with Crippen LogP contribution < -0.4 is 5.32 Å². The number of rotatable bonds is 4. The fourth-order valence-electron chi connectivity index (χ4n) is 4.18. The number of carbonyl (C=O) groups excluding carboxylic acids is 3. The van der Waals surface area contributed by atoms with E-state index in [1.807, 2.05) is 17.9 Å². The number of pyridine rings is 1. The predicted molar refractivity (Wildman–Crippen MR) is 101 cm³/mol. The van der Waals surface area contributed by atoms with Crippen molar-refractivity contribution in [2.75, 3.05) is 13.1 Å². The van der Waals surface area contributed by atoms with Crippen LogP contribution in [0.4, 0.5) is 0 Å². The third kappa shape index (κ3) is 3.96. The average Bonchev–Trinajstić information content (AvgIpc) is 2.99. The molecule has 3 rings (SSSR count). The topological polar surface area (TPSA) is 82.6 Å². The van der Waals surface area contributed by atoms with Crippen LogP contribution in [0.3, 0.4) is 0 Å². The molecule has 0 aliphatic carbocycles. The van der Waals surface area contributed by atoms with E-state index >= 15 is 0 Å². The van der Waals surface area contributed by atoms with Gasteiger partial charge in [-0.1, -0.05) is 19.9 Å². The summed E-state index contributed by atoms with van der Waals surface area (Å²) in [6.07, 6.45) is 2.90. The summed E-state index contributed by atoms with van der Waals surface area (Å²) in [5.74, 6) is -0.0168. The van der Waals surface area contributed by atoms with Crippen LogP contribution in [0.5, 0.6) is 0 Å². The third-order valence-corrected chi connectivity index (χ3v) is 5.34. The quantitative estimate of drug-likeness (QED) is 0.865. The fourth-order valence-corrected chi connectivity index (χ4v) is 4.18. The molecule has 27 heavy (non-hydrogen) atoms. The molecule has 3 amide bonds. The largest absolute Gasteiger partial charge is 0.352 e. The van der Waals surface area contributed by atoms with Gasteiger partial charge in [0.25, 0.3) is 5.91 Å². The van der Waals surface area contributed by atoms with Crippen LogP contribution >= 0.6 is 0 Å². The summed E-state index contributed by atoms with van der Waals surface area (Å²) in [5.41, 5.74) is 1.21. The highest BCUT2D eigenvalue weighted by Crippen LogP contribution is 2.30. The summed E-state index contributed by atoms with van der Waals surface area (Å²) < 4.78 is 0. The normalized spacial score (nSPS) is 24.9. The Labute approximate surface area is 160 Å². The minimum Gasteiger partial charge on any atom is -0.352 e. The number of fused-ring (bicyclic) bond motifs is 1. The van der Waals surface area contributed by atoms with Gasteiger partial charge in [-0.2, -0.15) is 0 Å². The second-order valence-electron chi connectivity index (χ2n) is 8.05. The van der Waals surface area contributed by atoms with Gasteiger partial charge < -0.3 is 15.1 Å². The molecule has 0 radical (unpaired) electrons. The van der Waals surface area contributed by atoms with E-state index in [4.69, 9.17) is 0 Å². The van der Waals surface area contributed by atoms with Crippen molar-refractivity contribution >= 4 is 17.7 Å². The maximum absolute atomic E-state index is 13.2. The van der Waals surface area contributed by atoms with E-state index in [2.05, 4.69) is 24.1 Å². The number of carbonyl (C=O) groups is 3. The van der Waals surface area contributed by atoms with Crippen molar-refractivity contribution < 1.29 is 14.4 Å². The van der Waals surface area contributed by atoms with Gasteiger partial charge in [0.05, 0.1) is 6.04 Å². The Hall–Kier alpha value is -2.44. The zero-order chi connectivity index (χ0) is 19.7. The van der Waals surface area contributed by atoms with Crippen LogP contribution in [-0.4, -0.2) is 63.7 Å². The molecule has 146 valence electrons. The zero-order valence-corrected chi connectivity index (χ0v) is 16.4. The number of hydrogen-bond acceptors (Lipinski definition) is 4. The molecule has 1 aromatic rings. The molecule has 2 aliphatic rings. The van der Waals surface area contributed by atoms with Crippen LogP contribution in [0.15, 0.2) is 18.3 Å². The van der Waals surface area contributed by atoms with E-state index in [1.165, 1.54) is 6.92 Å². The van der Waals surface area contributed by atoms with Gasteiger partial charge in [0.1, 0.15) is 11.7 Å². The maximum atomic E-state index is 13.2. The smallest absolute Gasteiger partial charge is 0.273 e. The molecule has 2 aliphatic heterocycles. The summed E-state index contributed by atoms with van der Waals surface area (Å²) in [6, 6.07) is 3.06. The molecule has 3 atom stereocenters. The van der Waals surface area contributed by atoms with Gasteiger partial charge in [-0.05, 0) is 37.3 Å². The van der Waals surface area contributed by atoms with E-state index in [-0.39, 0.29) is 35.7 Å². The number of aryl methyl sites for hydroxylation is 1. The van der Waals surface area contributed by atoms with Crippen LogP contribution in [0, 0.1) is 12.8 Å². The van der Waals surface area contributed by atoms with Crippen molar-refractivity contribution in [3.8, 4) is 0 Å². The molecular formula is C20H28N4O3. The lowest BCUT2D eigenvalue weighted by molar-refractivity contribution is -0.142. The summed E-state index contributed by atoms with van der Waals surface area (Å²) >= 11 is 0. The van der Waals surface area contributed by atoms with Gasteiger partial charge in [0.15, 0.2) is 0 Å². The van der Waals surface area contributed by atoms with E-state index in [0.29, 0.717) is 31.6 Å². The number of nitrogens with one attached hydrogen (secondary N) is 1. The van der Waals surface area contributed by atoms with E-state index in [1.54, 1.807) is 17.2 Å². The molecule has 0 aromatic carbocycles. The minimum atomic E-state index is -0.480. The van der Waals surface area contributed by atoms with E-state index in [0.717, 1.165) is 5.56 Å². The number of aromatic nitrogens is 1. The second-order valence-corrected chi connectivity index (χ2v) is 8.05. The van der Waals surface area contributed by atoms with Crippen LogP contribution in [-0.2, 0) is 9.59 Å². The molecule has 1 N–H and O–H groups in total. The molecule has 3 heterocycles. The summed E-state index contributed by atoms with van der Waals surface area (Å²) in [7, 11) is 0. The summed E-state index contributed by atoms with van der Waals surface area (Å²) in [6.45, 7) is 8.45. The van der Waals surface area contributed by atoms with Gasteiger partial charge in [-0.15, -0.1) is 0 Å². The SMILES string of the molecule is CC(=O)NC1CC2CN(C(=O)c3ncccc3C)C(CC(C)C)C(=O)N2C1. The van der Waals surface area contributed by atoms with Crippen LogP contribution in [0.1, 0.15) is 49.7 Å². The molecule has 1 aromatic heterocycles. The lowest BCUT2D eigenvalue weighted by atomic mass is 9.96. The molecule has 2 fully saturated rings. The lowest BCUT2D eigenvalue weighted by Gasteiger charge is -2.43. The number of piperazine rings is 1. The Morgan fingerprint density at radius 3 is 2.70 bits per heavy atom. The van der Waals surface area contributed by atoms with Gasteiger partial charge >= 0.3 is 0 Å². The third-order valence-electron chi connectivity index (χ3n) is 5.34. The van der Waals surface area contributed by atoms with Crippen molar-refractivity contribution in [2.24, 2.45) is 5.92 Å². The number of amides is 3. The van der Waals surface area contributed by atoms with Gasteiger partial charge in [0, 0.05) is 32.3 Å². The summed E-state index contributed by atoms with van der Waals surface area (Å²) in [5, 5.41) is 2.91. The first-order valence-electron chi connectivity index (χ1n) is 9.58. The Balaban J connectivity index is 1.88. The van der Waals surface area contributed by atoms with Crippen molar-refractivity contribution in [3.05, 3.63) is 29.6 Å². The fraction of sp³-hybridized carbons (Fsp3) is 0.600. The molecule has 0 spiro atoms. The number of hydrogen-bond donors (Lipinski definition) is 1. The van der Waals surface area contributed by atoms with Crippen molar-refractivity contribution in [1.82, 2.24) is 20.1 Å². The first-order chi connectivity index (χ1) is 12.8. The van der Waals surface area contributed by atoms with Crippen molar-refractivity contribution in [1.29, 1.82) is 0 Å².